The molecule has 2 fully saturated rings. The van der Waals surface area contributed by atoms with Crippen LogP contribution in [0, 0.1) is 0 Å². The molecule has 136 valence electrons. The van der Waals surface area contributed by atoms with E-state index in [0.717, 1.165) is 0 Å². The Morgan fingerprint density at radius 2 is 1.96 bits per heavy atom. The van der Waals surface area contributed by atoms with Crippen molar-refractivity contribution >= 4 is 11.9 Å². The van der Waals surface area contributed by atoms with Crippen LogP contribution in [0.2, 0.25) is 0 Å². The van der Waals surface area contributed by atoms with Crippen LogP contribution >= 0.6 is 0 Å². The number of amides is 1. The zero-order valence-corrected chi connectivity index (χ0v) is 14.1. The van der Waals surface area contributed by atoms with Gasteiger partial charge in [-0.2, -0.15) is 0 Å². The van der Waals surface area contributed by atoms with Crippen LogP contribution in [0.25, 0.3) is 0 Å². The Kier molecular flexibility index (Phi) is 4.39. The molecule has 1 aromatic carbocycles. The van der Waals surface area contributed by atoms with Crippen molar-refractivity contribution in [2.75, 3.05) is 20.3 Å². The number of carbonyl (C=O) groups is 2. The number of nitrogens with zero attached hydrogens (tertiary/aromatic N) is 3. The van der Waals surface area contributed by atoms with E-state index in [4.69, 9.17) is 9.47 Å². The van der Waals surface area contributed by atoms with Gasteiger partial charge in [-0.05, 0) is 12.1 Å². The van der Waals surface area contributed by atoms with Crippen LogP contribution in [0.3, 0.4) is 0 Å². The quantitative estimate of drug-likeness (QED) is 0.779. The average Bonchev–Trinajstić information content (AvgIpc) is 3.39. The standard InChI is InChI=1S/C17H18N4O5/c1-24-17(23)11-7-21(20-19-11)13-9-26-14-12(8-25-15(13)14)18-16(22)10-5-3-2-4-6-10/h2-7,12-15H,8-9H2,1H3,(H,18,22)/t12-,13-,14+,15+/m0/s1. The number of hydrogen-bond donors (Lipinski definition) is 1. The molecule has 0 radical (unpaired) electrons. The molecule has 1 amide bonds. The number of methoxy groups -OCH3 is 1. The summed E-state index contributed by atoms with van der Waals surface area (Å²) in [7, 11) is 1.29. The number of esters is 1. The topological polar surface area (TPSA) is 105 Å². The Hall–Kier alpha value is -2.78. The number of ether oxygens (including phenoxy) is 3. The summed E-state index contributed by atoms with van der Waals surface area (Å²) in [5, 5.41) is 10.8. The molecule has 4 atom stereocenters. The molecule has 3 heterocycles. The van der Waals surface area contributed by atoms with Crippen LogP contribution < -0.4 is 5.32 Å². The lowest BCUT2D eigenvalue weighted by atomic mass is 10.1. The number of carbonyl (C=O) groups excluding carboxylic acids is 2. The lowest BCUT2D eigenvalue weighted by molar-refractivity contribution is 0.0591. The molecule has 0 saturated carbocycles. The molecule has 4 rings (SSSR count). The molecule has 2 aromatic rings. The number of hydrogen-bond acceptors (Lipinski definition) is 7. The minimum atomic E-state index is -0.549. The maximum atomic E-state index is 12.4. The van der Waals surface area contributed by atoms with Crippen molar-refractivity contribution in [3.05, 3.63) is 47.8 Å². The molecule has 26 heavy (non-hydrogen) atoms. The van der Waals surface area contributed by atoms with Gasteiger partial charge in [-0.1, -0.05) is 23.4 Å². The lowest BCUT2D eigenvalue weighted by Gasteiger charge is -2.17. The Labute approximate surface area is 149 Å². The first-order valence-corrected chi connectivity index (χ1v) is 8.26. The van der Waals surface area contributed by atoms with Gasteiger partial charge in [0.1, 0.15) is 18.2 Å². The molecule has 1 N–H and O–H groups in total. The van der Waals surface area contributed by atoms with Gasteiger partial charge >= 0.3 is 5.97 Å². The molecule has 9 nitrogen and oxygen atoms in total. The van der Waals surface area contributed by atoms with Gasteiger partial charge in [0.05, 0.1) is 32.6 Å². The van der Waals surface area contributed by atoms with Crippen molar-refractivity contribution in [1.29, 1.82) is 0 Å². The number of rotatable bonds is 4. The van der Waals surface area contributed by atoms with Crippen LogP contribution in [0.5, 0.6) is 0 Å². The second-order valence-corrected chi connectivity index (χ2v) is 6.18. The van der Waals surface area contributed by atoms with E-state index >= 15 is 0 Å². The van der Waals surface area contributed by atoms with Crippen molar-refractivity contribution in [2.24, 2.45) is 0 Å². The molecule has 0 aliphatic carbocycles. The van der Waals surface area contributed by atoms with Crippen molar-refractivity contribution in [3.8, 4) is 0 Å². The zero-order chi connectivity index (χ0) is 18.1. The van der Waals surface area contributed by atoms with E-state index in [9.17, 15) is 9.59 Å². The van der Waals surface area contributed by atoms with Crippen LogP contribution in [0.4, 0.5) is 0 Å². The van der Waals surface area contributed by atoms with Crippen LogP contribution in [0.1, 0.15) is 26.9 Å². The highest BCUT2D eigenvalue weighted by Crippen LogP contribution is 2.34. The third-order valence-electron chi connectivity index (χ3n) is 4.62. The summed E-state index contributed by atoms with van der Waals surface area (Å²) in [6.07, 6.45) is 0.961. The van der Waals surface area contributed by atoms with Crippen molar-refractivity contribution in [1.82, 2.24) is 20.3 Å². The Morgan fingerprint density at radius 3 is 2.73 bits per heavy atom. The molecule has 0 spiro atoms. The highest BCUT2D eigenvalue weighted by atomic mass is 16.6. The molecule has 2 saturated heterocycles. The van der Waals surface area contributed by atoms with E-state index in [1.807, 2.05) is 18.2 Å². The van der Waals surface area contributed by atoms with Gasteiger partial charge in [0.2, 0.25) is 0 Å². The SMILES string of the molecule is COC(=O)c1cn([C@H]2CO[C@H]3[C@@H]2OC[C@@H]3NC(=O)c2ccccc2)nn1. The monoisotopic (exact) mass is 358 g/mol. The van der Waals surface area contributed by atoms with E-state index in [2.05, 4.69) is 20.4 Å². The molecule has 0 bridgehead atoms. The molecular weight excluding hydrogens is 340 g/mol. The van der Waals surface area contributed by atoms with E-state index in [1.54, 1.807) is 16.8 Å². The minimum Gasteiger partial charge on any atom is -0.464 e. The van der Waals surface area contributed by atoms with Gasteiger partial charge in [0, 0.05) is 5.56 Å². The largest absolute Gasteiger partial charge is 0.464 e. The summed E-state index contributed by atoms with van der Waals surface area (Å²) in [6.45, 7) is 0.708. The molecule has 2 aliphatic heterocycles. The number of benzene rings is 1. The predicted molar refractivity (Wildman–Crippen MR) is 87.6 cm³/mol. The first kappa shape index (κ1) is 16.7. The zero-order valence-electron chi connectivity index (χ0n) is 14.1. The van der Waals surface area contributed by atoms with E-state index in [0.29, 0.717) is 18.8 Å². The molecule has 0 unspecified atom stereocenters. The third-order valence-corrected chi connectivity index (χ3v) is 4.62. The first-order chi connectivity index (χ1) is 12.7. The Bertz CT molecular complexity index is 808. The summed E-state index contributed by atoms with van der Waals surface area (Å²) >= 11 is 0. The van der Waals surface area contributed by atoms with E-state index in [-0.39, 0.29) is 35.9 Å². The van der Waals surface area contributed by atoms with Gasteiger partial charge in [-0.25, -0.2) is 9.48 Å². The maximum Gasteiger partial charge on any atom is 0.360 e. The van der Waals surface area contributed by atoms with Crippen LogP contribution in [0.15, 0.2) is 36.5 Å². The van der Waals surface area contributed by atoms with Crippen LogP contribution in [-0.4, -0.2) is 65.4 Å². The van der Waals surface area contributed by atoms with Crippen LogP contribution in [-0.2, 0) is 14.2 Å². The fourth-order valence-electron chi connectivity index (χ4n) is 3.31. The number of nitrogens with one attached hydrogen (secondary N) is 1. The Morgan fingerprint density at radius 1 is 1.19 bits per heavy atom. The predicted octanol–water partition coefficient (Wildman–Crippen LogP) is 0.202. The normalized spacial score (nSPS) is 27.1. The molecule has 2 aliphatic rings. The highest BCUT2D eigenvalue weighted by Gasteiger charge is 2.49. The molecule has 9 heteroatoms. The van der Waals surface area contributed by atoms with Gasteiger partial charge in [-0.15, -0.1) is 5.10 Å². The third kappa shape index (κ3) is 2.95. The number of aromatic nitrogens is 3. The molecule has 1 aromatic heterocycles. The van der Waals surface area contributed by atoms with Crippen molar-refractivity contribution in [2.45, 2.75) is 24.3 Å². The number of fused-ring (bicyclic) bond motifs is 1. The fourth-order valence-corrected chi connectivity index (χ4v) is 3.31. The van der Waals surface area contributed by atoms with Gasteiger partial charge < -0.3 is 19.5 Å². The Balaban J connectivity index is 1.43. The lowest BCUT2D eigenvalue weighted by Crippen LogP contribution is -2.44. The summed E-state index contributed by atoms with van der Waals surface area (Å²) in [6, 6.07) is 8.53. The molecular formula is C17H18N4O5. The van der Waals surface area contributed by atoms with Crippen molar-refractivity contribution in [3.63, 3.8) is 0 Å². The summed E-state index contributed by atoms with van der Waals surface area (Å²) in [4.78, 5) is 23.9. The van der Waals surface area contributed by atoms with Gasteiger partial charge in [0.15, 0.2) is 5.69 Å². The van der Waals surface area contributed by atoms with Gasteiger partial charge in [-0.3, -0.25) is 4.79 Å². The second-order valence-electron chi connectivity index (χ2n) is 6.18. The van der Waals surface area contributed by atoms with E-state index < -0.39 is 5.97 Å². The summed E-state index contributed by atoms with van der Waals surface area (Å²) in [5.41, 5.74) is 0.715. The average molecular weight is 358 g/mol. The van der Waals surface area contributed by atoms with E-state index in [1.165, 1.54) is 13.3 Å². The maximum absolute atomic E-state index is 12.4. The smallest absolute Gasteiger partial charge is 0.360 e. The summed E-state index contributed by atoms with van der Waals surface area (Å²) in [5.74, 6) is -0.715. The van der Waals surface area contributed by atoms with Crippen molar-refractivity contribution < 1.29 is 23.8 Å². The first-order valence-electron chi connectivity index (χ1n) is 8.26. The van der Waals surface area contributed by atoms with Gasteiger partial charge in [0.25, 0.3) is 5.91 Å². The minimum absolute atomic E-state index is 0.128. The fraction of sp³-hybridized carbons (Fsp3) is 0.412. The second kappa shape index (κ2) is 6.85. The summed E-state index contributed by atoms with van der Waals surface area (Å²) < 4.78 is 17.9. The highest BCUT2D eigenvalue weighted by molar-refractivity contribution is 5.94.